The Balaban J connectivity index is 1.72. The Hall–Kier alpha value is -1.98. The van der Waals surface area contributed by atoms with Crippen LogP contribution in [0.25, 0.3) is 0 Å². The summed E-state index contributed by atoms with van der Waals surface area (Å²) < 4.78 is 12.5. The van der Waals surface area contributed by atoms with E-state index in [9.17, 15) is 10.2 Å². The van der Waals surface area contributed by atoms with Crippen LogP contribution in [0.2, 0.25) is 0 Å². The molecule has 0 amide bonds. The summed E-state index contributed by atoms with van der Waals surface area (Å²) in [5, 5.41) is 20.2. The fraction of sp³-hybridized carbons (Fsp3) is 0.300. The van der Waals surface area contributed by atoms with Crippen molar-refractivity contribution in [3.05, 3.63) is 83.9 Å². The first-order chi connectivity index (χ1) is 11.7. The average molecular weight is 324 g/mol. The van der Waals surface area contributed by atoms with Crippen molar-refractivity contribution in [1.82, 2.24) is 0 Å². The molecule has 0 spiro atoms. The molecule has 4 rings (SSSR count). The van der Waals surface area contributed by atoms with Crippen LogP contribution in [0.4, 0.5) is 0 Å². The largest absolute Gasteiger partial charge is 0.387 e. The molecule has 124 valence electrons. The van der Waals surface area contributed by atoms with Gasteiger partial charge in [-0.1, -0.05) is 72.8 Å². The minimum atomic E-state index is -0.997. The number of aliphatic hydroxyl groups is 2. The zero-order valence-electron chi connectivity index (χ0n) is 13.1. The normalized spacial score (nSPS) is 35.4. The molecule has 1 aliphatic carbocycles. The van der Waals surface area contributed by atoms with Gasteiger partial charge in [0.2, 0.25) is 0 Å². The lowest BCUT2D eigenvalue weighted by atomic mass is 9.90. The molecule has 1 heterocycles. The number of fused-ring (bicyclic) bond motifs is 1. The molecule has 24 heavy (non-hydrogen) atoms. The number of hydrogen-bond donors (Lipinski definition) is 2. The van der Waals surface area contributed by atoms with Crippen molar-refractivity contribution in [2.45, 2.75) is 36.6 Å². The topological polar surface area (TPSA) is 58.9 Å². The molecule has 1 aliphatic heterocycles. The summed E-state index contributed by atoms with van der Waals surface area (Å²) >= 11 is 0. The number of ether oxygens (including phenoxy) is 2. The van der Waals surface area contributed by atoms with Crippen LogP contribution in [-0.4, -0.2) is 34.6 Å². The average Bonchev–Trinajstić information content (AvgIpc) is 2.65. The highest BCUT2D eigenvalue weighted by Crippen LogP contribution is 2.43. The molecule has 2 aromatic carbocycles. The molecule has 0 saturated carbocycles. The van der Waals surface area contributed by atoms with E-state index < -0.39 is 18.3 Å². The van der Waals surface area contributed by atoms with E-state index in [2.05, 4.69) is 0 Å². The van der Waals surface area contributed by atoms with E-state index >= 15 is 0 Å². The van der Waals surface area contributed by atoms with Crippen LogP contribution in [0.1, 0.15) is 23.3 Å². The standard InChI is InChI=1S/C20H20O4/c21-15-11-12-16-20(17(15)22)24-19(14-9-5-2-6-10-14)18(23-16)13-7-3-1-4-8-13/h1-12,15-22H/t15-,16+,17+,18+,19+,20+/m1/s1. The second-order valence-corrected chi connectivity index (χ2v) is 6.23. The first-order valence-electron chi connectivity index (χ1n) is 8.19. The summed E-state index contributed by atoms with van der Waals surface area (Å²) in [6.45, 7) is 0. The Kier molecular flexibility index (Phi) is 4.21. The second-order valence-electron chi connectivity index (χ2n) is 6.23. The van der Waals surface area contributed by atoms with Crippen LogP contribution < -0.4 is 0 Å². The van der Waals surface area contributed by atoms with Crippen molar-refractivity contribution in [3.63, 3.8) is 0 Å². The number of hydrogen-bond acceptors (Lipinski definition) is 4. The van der Waals surface area contributed by atoms with Gasteiger partial charge in [-0.15, -0.1) is 0 Å². The van der Waals surface area contributed by atoms with Crippen LogP contribution in [0.3, 0.4) is 0 Å². The maximum absolute atomic E-state index is 10.3. The predicted molar refractivity (Wildman–Crippen MR) is 89.3 cm³/mol. The van der Waals surface area contributed by atoms with Gasteiger partial charge >= 0.3 is 0 Å². The molecule has 6 atom stereocenters. The van der Waals surface area contributed by atoms with Gasteiger partial charge in [0.05, 0.1) is 0 Å². The Bertz CT molecular complexity index is 700. The molecule has 0 bridgehead atoms. The summed E-state index contributed by atoms with van der Waals surface area (Å²) in [4.78, 5) is 0. The highest BCUT2D eigenvalue weighted by molar-refractivity contribution is 5.27. The highest BCUT2D eigenvalue weighted by atomic mass is 16.6. The Morgan fingerprint density at radius 1 is 0.667 bits per heavy atom. The van der Waals surface area contributed by atoms with Gasteiger partial charge in [-0.2, -0.15) is 0 Å². The molecule has 0 radical (unpaired) electrons. The van der Waals surface area contributed by atoms with E-state index in [4.69, 9.17) is 9.47 Å². The Labute approximate surface area is 141 Å². The third-order valence-corrected chi connectivity index (χ3v) is 4.65. The van der Waals surface area contributed by atoms with E-state index in [0.29, 0.717) is 0 Å². The van der Waals surface area contributed by atoms with Gasteiger partial charge in [-0.3, -0.25) is 0 Å². The molecule has 4 heteroatoms. The monoisotopic (exact) mass is 324 g/mol. The fourth-order valence-corrected chi connectivity index (χ4v) is 3.39. The molecule has 2 aliphatic rings. The Morgan fingerprint density at radius 2 is 1.21 bits per heavy atom. The van der Waals surface area contributed by atoms with Crippen molar-refractivity contribution >= 4 is 0 Å². The molecule has 0 aromatic heterocycles. The summed E-state index contributed by atoms with van der Waals surface area (Å²) in [5.74, 6) is 0. The van der Waals surface area contributed by atoms with Gasteiger partial charge in [-0.25, -0.2) is 0 Å². The third-order valence-electron chi connectivity index (χ3n) is 4.65. The van der Waals surface area contributed by atoms with E-state index in [1.807, 2.05) is 60.7 Å². The number of rotatable bonds is 2. The van der Waals surface area contributed by atoms with Gasteiger partial charge in [0.1, 0.15) is 36.6 Å². The van der Waals surface area contributed by atoms with Gasteiger partial charge in [-0.05, 0) is 11.1 Å². The summed E-state index contributed by atoms with van der Waals surface area (Å²) in [6, 6.07) is 19.8. The van der Waals surface area contributed by atoms with Crippen molar-refractivity contribution in [3.8, 4) is 0 Å². The lowest BCUT2D eigenvalue weighted by Crippen LogP contribution is -2.53. The van der Waals surface area contributed by atoms with E-state index in [0.717, 1.165) is 11.1 Å². The van der Waals surface area contributed by atoms with Crippen LogP contribution >= 0.6 is 0 Å². The molecule has 4 nitrogen and oxygen atoms in total. The molecule has 1 fully saturated rings. The second kappa shape index (κ2) is 6.49. The molecule has 1 saturated heterocycles. The first-order valence-corrected chi connectivity index (χ1v) is 8.19. The van der Waals surface area contributed by atoms with E-state index in [-0.39, 0.29) is 18.3 Å². The minimum Gasteiger partial charge on any atom is -0.387 e. The van der Waals surface area contributed by atoms with Gasteiger partial charge < -0.3 is 19.7 Å². The van der Waals surface area contributed by atoms with Crippen molar-refractivity contribution in [2.24, 2.45) is 0 Å². The zero-order valence-corrected chi connectivity index (χ0v) is 13.1. The number of aliphatic hydroxyl groups excluding tert-OH is 2. The molecule has 2 aromatic rings. The lowest BCUT2D eigenvalue weighted by molar-refractivity contribution is -0.247. The van der Waals surface area contributed by atoms with Crippen LogP contribution in [-0.2, 0) is 9.47 Å². The molecular weight excluding hydrogens is 304 g/mol. The maximum atomic E-state index is 10.3. The van der Waals surface area contributed by atoms with Crippen molar-refractivity contribution in [1.29, 1.82) is 0 Å². The first kappa shape index (κ1) is 15.5. The van der Waals surface area contributed by atoms with Gasteiger partial charge in [0.15, 0.2) is 0 Å². The van der Waals surface area contributed by atoms with E-state index in [1.54, 1.807) is 12.2 Å². The van der Waals surface area contributed by atoms with E-state index in [1.165, 1.54) is 0 Å². The highest BCUT2D eigenvalue weighted by Gasteiger charge is 2.45. The quantitative estimate of drug-likeness (QED) is 0.834. The lowest BCUT2D eigenvalue weighted by Gasteiger charge is -2.45. The smallest absolute Gasteiger partial charge is 0.117 e. The van der Waals surface area contributed by atoms with Crippen LogP contribution in [0.15, 0.2) is 72.8 Å². The summed E-state index contributed by atoms with van der Waals surface area (Å²) in [7, 11) is 0. The molecule has 0 unspecified atom stereocenters. The van der Waals surface area contributed by atoms with Gasteiger partial charge in [0, 0.05) is 0 Å². The Morgan fingerprint density at radius 3 is 1.79 bits per heavy atom. The maximum Gasteiger partial charge on any atom is 0.117 e. The van der Waals surface area contributed by atoms with Crippen molar-refractivity contribution in [2.75, 3.05) is 0 Å². The predicted octanol–water partition coefficient (Wildman–Crippen LogP) is 2.54. The zero-order chi connectivity index (χ0) is 16.5. The number of benzene rings is 2. The van der Waals surface area contributed by atoms with Crippen LogP contribution in [0.5, 0.6) is 0 Å². The third kappa shape index (κ3) is 2.78. The SMILES string of the molecule is O[C@@H]1[C@H]2O[C@@H](c3ccccc3)[C@H](c3ccccc3)O[C@H]2C=C[C@H]1O. The fourth-order valence-electron chi connectivity index (χ4n) is 3.39. The van der Waals surface area contributed by atoms with Crippen LogP contribution in [0, 0.1) is 0 Å². The van der Waals surface area contributed by atoms with Gasteiger partial charge in [0.25, 0.3) is 0 Å². The minimum absolute atomic E-state index is 0.276. The molecular formula is C20H20O4. The van der Waals surface area contributed by atoms with Crippen molar-refractivity contribution < 1.29 is 19.7 Å². The molecule has 2 N–H and O–H groups in total. The summed E-state index contributed by atoms with van der Waals surface area (Å²) in [5.41, 5.74) is 2.01. The summed E-state index contributed by atoms with van der Waals surface area (Å²) in [6.07, 6.45) is -0.171.